The second-order valence-electron chi connectivity index (χ2n) is 2.69. The van der Waals surface area contributed by atoms with Gasteiger partial charge >= 0.3 is 0 Å². The Morgan fingerprint density at radius 1 is 1.29 bits per heavy atom. The van der Waals surface area contributed by atoms with Crippen LogP contribution in [0.4, 0.5) is 4.70 Å². The molecule has 0 heterocycles. The maximum atomic E-state index is 2.39. The minimum absolute atomic E-state index is 0. The maximum Gasteiger partial charge on any atom is 0.00440 e. The molecule has 0 atom stereocenters. The van der Waals surface area contributed by atoms with Gasteiger partial charge < -0.3 is 0 Å². The largest absolute Gasteiger partial charge is 0.269 e. The van der Waals surface area contributed by atoms with Crippen molar-refractivity contribution in [2.24, 2.45) is 5.41 Å². The fraction of sp³-hybridized carbons (Fsp3) is 1.00. The highest BCUT2D eigenvalue weighted by Crippen LogP contribution is 2.15. The van der Waals surface area contributed by atoms with Crippen LogP contribution in [0.25, 0.3) is 0 Å². The zero-order valence-electron chi connectivity index (χ0n) is 4.99. The molecule has 0 aliphatic carbocycles. The lowest BCUT2D eigenvalue weighted by Crippen LogP contribution is -2.04. The quantitative estimate of drug-likeness (QED) is 0.433. The van der Waals surface area contributed by atoms with Crippen LogP contribution in [-0.2, 0) is 0 Å². The van der Waals surface area contributed by atoms with Crippen LogP contribution < -0.4 is 0 Å². The summed E-state index contributed by atoms with van der Waals surface area (Å²) in [6, 6.07) is 0. The van der Waals surface area contributed by atoms with Gasteiger partial charge in [0, 0.05) is 4.43 Å². The van der Waals surface area contributed by atoms with Gasteiger partial charge in [0.25, 0.3) is 0 Å². The van der Waals surface area contributed by atoms with Crippen molar-refractivity contribution in [2.75, 3.05) is 4.43 Å². The highest BCUT2D eigenvalue weighted by Gasteiger charge is 2.04. The summed E-state index contributed by atoms with van der Waals surface area (Å²) < 4.78 is 1.24. The van der Waals surface area contributed by atoms with Crippen molar-refractivity contribution in [3.8, 4) is 0 Å². The van der Waals surface area contributed by atoms with E-state index in [9.17, 15) is 0 Å². The van der Waals surface area contributed by atoms with Crippen molar-refractivity contribution in [3.63, 3.8) is 0 Å². The van der Waals surface area contributed by atoms with Crippen molar-refractivity contribution in [2.45, 2.75) is 20.8 Å². The van der Waals surface area contributed by atoms with Crippen LogP contribution in [0.5, 0.6) is 0 Å². The van der Waals surface area contributed by atoms with Crippen molar-refractivity contribution >= 4 is 22.6 Å². The molecule has 0 rings (SSSR count). The fourth-order valence-electron chi connectivity index (χ4n) is 0. The summed E-state index contributed by atoms with van der Waals surface area (Å²) in [6.45, 7) is 6.71. The molecule has 0 aromatic carbocycles. The van der Waals surface area contributed by atoms with Gasteiger partial charge in [-0.3, -0.25) is 4.70 Å². The number of hydrogen-bond acceptors (Lipinski definition) is 0. The molecule has 0 spiro atoms. The normalized spacial score (nSPS) is 10.3. The average molecular weight is 218 g/mol. The summed E-state index contributed by atoms with van der Waals surface area (Å²) in [7, 11) is 0. The van der Waals surface area contributed by atoms with E-state index >= 15 is 0 Å². The van der Waals surface area contributed by atoms with E-state index < -0.39 is 0 Å². The summed E-state index contributed by atoms with van der Waals surface area (Å²) in [5.41, 5.74) is 0.528. The first-order valence-electron chi connectivity index (χ1n) is 2.12. The van der Waals surface area contributed by atoms with Gasteiger partial charge in [-0.05, 0) is 5.41 Å². The molecular weight excluding hydrogens is 206 g/mol. The smallest absolute Gasteiger partial charge is 0.00440 e. The molecule has 0 saturated heterocycles. The first kappa shape index (κ1) is 10.6. The molecule has 0 fully saturated rings. The van der Waals surface area contributed by atoms with E-state index in [0.717, 1.165) is 0 Å². The molecule has 0 nitrogen and oxygen atoms in total. The first-order valence-corrected chi connectivity index (χ1v) is 3.65. The van der Waals surface area contributed by atoms with Gasteiger partial charge in [0.05, 0.1) is 0 Å². The summed E-state index contributed by atoms with van der Waals surface area (Å²) >= 11 is 2.39. The molecular formula is C5H12FI. The van der Waals surface area contributed by atoms with E-state index in [1.807, 2.05) is 0 Å². The number of rotatable bonds is 0. The third-order valence-corrected chi connectivity index (χ3v) is 2.69. The van der Waals surface area contributed by atoms with Crippen molar-refractivity contribution < 1.29 is 4.70 Å². The number of hydrogen-bond donors (Lipinski definition) is 0. The Bertz CT molecular complexity index is 37.8. The second-order valence-corrected chi connectivity index (χ2v) is 3.46. The minimum Gasteiger partial charge on any atom is -0.269 e. The monoisotopic (exact) mass is 218 g/mol. The third kappa shape index (κ3) is 10.8. The van der Waals surface area contributed by atoms with E-state index in [4.69, 9.17) is 0 Å². The molecule has 0 saturated carbocycles. The molecule has 0 aromatic heterocycles. The molecule has 46 valence electrons. The van der Waals surface area contributed by atoms with Crippen LogP contribution in [-0.4, -0.2) is 4.43 Å². The third-order valence-electron chi connectivity index (χ3n) is 0.401. The average Bonchev–Trinajstić information content (AvgIpc) is 1.35. The lowest BCUT2D eigenvalue weighted by molar-refractivity contribution is 0.489. The van der Waals surface area contributed by atoms with E-state index in [1.54, 1.807) is 0 Å². The van der Waals surface area contributed by atoms with Crippen LogP contribution in [0.15, 0.2) is 0 Å². The van der Waals surface area contributed by atoms with Gasteiger partial charge in [-0.1, -0.05) is 43.4 Å². The van der Waals surface area contributed by atoms with Gasteiger partial charge in [-0.15, -0.1) is 0 Å². The van der Waals surface area contributed by atoms with Crippen molar-refractivity contribution in [1.82, 2.24) is 0 Å². The Labute approximate surface area is 58.2 Å². The predicted octanol–water partition coefficient (Wildman–Crippen LogP) is 2.62. The van der Waals surface area contributed by atoms with E-state index in [-0.39, 0.29) is 4.70 Å². The lowest BCUT2D eigenvalue weighted by atomic mass is 10.0. The molecule has 2 heteroatoms. The standard InChI is InChI=1S/C5H11I.FH/c1-5(2,3)4-6;/h4H2,1-3H3;1H. The fourth-order valence-corrected chi connectivity index (χ4v) is 0. The van der Waals surface area contributed by atoms with Gasteiger partial charge in [-0.2, -0.15) is 0 Å². The minimum atomic E-state index is 0. The molecule has 0 N–H and O–H groups in total. The summed E-state index contributed by atoms with van der Waals surface area (Å²) in [4.78, 5) is 0. The Kier molecular flexibility index (Phi) is 5.51. The van der Waals surface area contributed by atoms with Gasteiger partial charge in [-0.25, -0.2) is 0 Å². The van der Waals surface area contributed by atoms with E-state index in [1.165, 1.54) is 4.43 Å². The van der Waals surface area contributed by atoms with Crippen molar-refractivity contribution in [1.29, 1.82) is 0 Å². The first-order chi connectivity index (χ1) is 2.56. The molecule has 0 amide bonds. The zero-order valence-corrected chi connectivity index (χ0v) is 7.15. The Balaban J connectivity index is 0. The second kappa shape index (κ2) is 3.64. The molecule has 0 bridgehead atoms. The zero-order chi connectivity index (χ0) is 5.21. The van der Waals surface area contributed by atoms with Gasteiger partial charge in [0.1, 0.15) is 0 Å². The number of halogens is 2. The number of alkyl halides is 1. The molecule has 0 unspecified atom stereocenters. The topological polar surface area (TPSA) is 0 Å². The summed E-state index contributed by atoms with van der Waals surface area (Å²) in [6.07, 6.45) is 0. The van der Waals surface area contributed by atoms with Crippen LogP contribution in [0.1, 0.15) is 20.8 Å². The van der Waals surface area contributed by atoms with Crippen LogP contribution in [0.3, 0.4) is 0 Å². The molecule has 0 aliphatic rings. The molecule has 0 radical (unpaired) electrons. The van der Waals surface area contributed by atoms with Crippen LogP contribution in [0.2, 0.25) is 0 Å². The van der Waals surface area contributed by atoms with Gasteiger partial charge in [0.2, 0.25) is 0 Å². The lowest BCUT2D eigenvalue weighted by Gasteiger charge is -2.11. The Hall–Kier alpha value is 0.660. The van der Waals surface area contributed by atoms with Crippen molar-refractivity contribution in [3.05, 3.63) is 0 Å². The van der Waals surface area contributed by atoms with E-state index in [0.29, 0.717) is 5.41 Å². The Morgan fingerprint density at radius 2 is 1.43 bits per heavy atom. The van der Waals surface area contributed by atoms with Gasteiger partial charge in [0.15, 0.2) is 0 Å². The Morgan fingerprint density at radius 3 is 1.43 bits per heavy atom. The predicted molar refractivity (Wildman–Crippen MR) is 40.8 cm³/mol. The maximum absolute atomic E-state index is 2.39. The molecule has 0 aromatic rings. The highest BCUT2D eigenvalue weighted by atomic mass is 127. The van der Waals surface area contributed by atoms with Crippen LogP contribution >= 0.6 is 22.6 Å². The molecule has 0 aliphatic heterocycles. The highest BCUT2D eigenvalue weighted by molar-refractivity contribution is 14.1. The SMILES string of the molecule is CC(C)(C)CI.F. The summed E-state index contributed by atoms with van der Waals surface area (Å²) in [5.74, 6) is 0. The van der Waals surface area contributed by atoms with E-state index in [2.05, 4.69) is 43.4 Å². The van der Waals surface area contributed by atoms with Crippen LogP contribution in [0, 0.1) is 5.41 Å². The summed E-state index contributed by atoms with van der Waals surface area (Å²) in [5, 5.41) is 0. The molecule has 7 heavy (non-hydrogen) atoms.